The van der Waals surface area contributed by atoms with Gasteiger partial charge >= 0.3 is 6.03 Å². The molecule has 2 aromatic carbocycles. The van der Waals surface area contributed by atoms with Gasteiger partial charge in [0.05, 0.1) is 11.4 Å². The minimum atomic E-state index is -0.743. The second-order valence-corrected chi connectivity index (χ2v) is 8.59. The van der Waals surface area contributed by atoms with Crippen LogP contribution in [0.3, 0.4) is 0 Å². The number of hydrogen-bond donors (Lipinski definition) is 2. The molecule has 0 bridgehead atoms. The van der Waals surface area contributed by atoms with E-state index in [1.54, 1.807) is 54.9 Å². The molecular weight excluding hydrogens is 440 g/mol. The van der Waals surface area contributed by atoms with Gasteiger partial charge in [0.1, 0.15) is 29.0 Å². The lowest BCUT2D eigenvalue weighted by Crippen LogP contribution is -2.21. The largest absolute Gasteiger partial charge is 0.457 e. The van der Waals surface area contributed by atoms with E-state index in [0.717, 1.165) is 18.2 Å². The molecule has 0 radical (unpaired) electrons. The summed E-state index contributed by atoms with van der Waals surface area (Å²) in [6, 6.07) is 14.5. The Balaban J connectivity index is 1.51. The molecule has 0 atom stereocenters. The topological polar surface area (TPSA) is 81.1 Å². The Morgan fingerprint density at radius 1 is 0.882 bits per heavy atom. The zero-order chi connectivity index (χ0) is 24.3. The van der Waals surface area contributed by atoms with Gasteiger partial charge in [-0.2, -0.15) is 5.10 Å². The number of pyridine rings is 1. The van der Waals surface area contributed by atoms with E-state index in [4.69, 9.17) is 4.74 Å². The van der Waals surface area contributed by atoms with Crippen LogP contribution in [0.4, 0.5) is 25.1 Å². The Hall–Kier alpha value is -4.27. The van der Waals surface area contributed by atoms with Crippen molar-refractivity contribution in [2.75, 3.05) is 10.6 Å². The molecule has 0 spiro atoms. The Morgan fingerprint density at radius 3 is 2.12 bits per heavy atom. The minimum Gasteiger partial charge on any atom is -0.457 e. The monoisotopic (exact) mass is 463 g/mol. The quantitative estimate of drug-likeness (QED) is 0.365. The highest BCUT2D eigenvalue weighted by Crippen LogP contribution is 2.27. The molecule has 0 aliphatic rings. The van der Waals surface area contributed by atoms with E-state index in [1.807, 2.05) is 20.8 Å². The molecule has 2 amide bonds. The molecule has 2 heterocycles. The van der Waals surface area contributed by atoms with E-state index in [-0.39, 0.29) is 16.9 Å². The molecule has 4 aromatic rings. The Morgan fingerprint density at radius 2 is 1.50 bits per heavy atom. The molecule has 7 nitrogen and oxygen atoms in total. The van der Waals surface area contributed by atoms with E-state index >= 15 is 0 Å². The van der Waals surface area contributed by atoms with Crippen molar-refractivity contribution in [1.82, 2.24) is 14.8 Å². The Kier molecular flexibility index (Phi) is 6.27. The first kappa shape index (κ1) is 22.9. The van der Waals surface area contributed by atoms with Gasteiger partial charge in [0, 0.05) is 35.6 Å². The molecule has 34 heavy (non-hydrogen) atoms. The van der Waals surface area contributed by atoms with Crippen LogP contribution in [0.2, 0.25) is 0 Å². The summed E-state index contributed by atoms with van der Waals surface area (Å²) < 4.78 is 34.6. The fourth-order valence-corrected chi connectivity index (χ4v) is 3.12. The number of ether oxygens (including phenoxy) is 1. The summed E-state index contributed by atoms with van der Waals surface area (Å²) in [4.78, 5) is 16.6. The third-order valence-corrected chi connectivity index (χ3v) is 4.81. The summed E-state index contributed by atoms with van der Waals surface area (Å²) in [5.74, 6) is 0.0213. The molecule has 0 aliphatic heterocycles. The van der Waals surface area contributed by atoms with Gasteiger partial charge in [-0.25, -0.2) is 18.3 Å². The number of urea groups is 1. The van der Waals surface area contributed by atoms with Crippen molar-refractivity contribution in [3.05, 3.63) is 90.4 Å². The number of halogens is 2. The van der Waals surface area contributed by atoms with Crippen molar-refractivity contribution in [2.45, 2.75) is 26.2 Å². The number of nitrogens with zero attached hydrogens (tertiary/aromatic N) is 3. The Bertz CT molecular complexity index is 1280. The molecule has 2 aromatic heterocycles. The van der Waals surface area contributed by atoms with Gasteiger partial charge in [-0.1, -0.05) is 20.8 Å². The first-order valence-corrected chi connectivity index (χ1v) is 10.5. The third kappa shape index (κ3) is 5.55. The molecule has 0 fully saturated rings. The lowest BCUT2D eigenvalue weighted by molar-refractivity contribution is 0.262. The van der Waals surface area contributed by atoms with E-state index in [0.29, 0.717) is 22.9 Å². The molecule has 0 aliphatic carbocycles. The first-order valence-electron chi connectivity index (χ1n) is 10.5. The van der Waals surface area contributed by atoms with Crippen LogP contribution in [-0.4, -0.2) is 20.8 Å². The predicted molar refractivity (Wildman–Crippen MR) is 126 cm³/mol. The molecule has 9 heteroatoms. The van der Waals surface area contributed by atoms with Crippen molar-refractivity contribution in [2.24, 2.45) is 0 Å². The normalized spacial score (nSPS) is 11.2. The van der Waals surface area contributed by atoms with Gasteiger partial charge in [-0.05, 0) is 48.5 Å². The standard InChI is InChI=1S/C25H23F2N5O2/c1-25(2,3)22-15-23(32(31-22)19-13-16(26)12-17(27)14-19)30-24(33)29-18-4-6-20(7-5-18)34-21-8-10-28-11-9-21/h4-15H,1-3H3,(H2,29,30,33). The van der Waals surface area contributed by atoms with Gasteiger partial charge in [0.2, 0.25) is 0 Å². The third-order valence-electron chi connectivity index (χ3n) is 4.81. The maximum Gasteiger partial charge on any atom is 0.324 e. The van der Waals surface area contributed by atoms with E-state index in [1.165, 1.54) is 4.68 Å². The smallest absolute Gasteiger partial charge is 0.324 e. The van der Waals surface area contributed by atoms with Crippen LogP contribution in [0.15, 0.2) is 73.1 Å². The highest BCUT2D eigenvalue weighted by atomic mass is 19.1. The van der Waals surface area contributed by atoms with Crippen LogP contribution in [0.5, 0.6) is 11.5 Å². The Labute approximate surface area is 195 Å². The van der Waals surface area contributed by atoms with Gasteiger partial charge < -0.3 is 10.1 Å². The number of nitrogens with one attached hydrogen (secondary N) is 2. The number of carbonyl (C=O) groups is 1. The second-order valence-electron chi connectivity index (χ2n) is 8.59. The van der Waals surface area contributed by atoms with Crippen molar-refractivity contribution in [3.63, 3.8) is 0 Å². The SMILES string of the molecule is CC(C)(C)c1cc(NC(=O)Nc2ccc(Oc3ccncc3)cc2)n(-c2cc(F)cc(F)c2)n1. The van der Waals surface area contributed by atoms with Crippen molar-refractivity contribution in [1.29, 1.82) is 0 Å². The predicted octanol–water partition coefficient (Wildman–Crippen LogP) is 6.28. The molecule has 2 N–H and O–H groups in total. The average molecular weight is 463 g/mol. The van der Waals surface area contributed by atoms with Crippen LogP contribution >= 0.6 is 0 Å². The highest BCUT2D eigenvalue weighted by molar-refractivity contribution is 5.99. The molecule has 0 saturated carbocycles. The maximum absolute atomic E-state index is 13.8. The number of amides is 2. The molecule has 4 rings (SSSR count). The van der Waals surface area contributed by atoms with Crippen molar-refractivity contribution >= 4 is 17.5 Å². The summed E-state index contributed by atoms with van der Waals surface area (Å²) in [6.45, 7) is 5.85. The average Bonchev–Trinajstić information content (AvgIpc) is 3.19. The molecule has 0 unspecified atom stereocenters. The summed E-state index contributed by atoms with van der Waals surface area (Å²) in [6.07, 6.45) is 3.26. The van der Waals surface area contributed by atoms with E-state index < -0.39 is 17.7 Å². The molecular formula is C25H23F2N5O2. The van der Waals surface area contributed by atoms with Gasteiger partial charge in [-0.15, -0.1) is 0 Å². The lowest BCUT2D eigenvalue weighted by Gasteiger charge is -2.14. The number of benzene rings is 2. The fraction of sp³-hybridized carbons (Fsp3) is 0.160. The highest BCUT2D eigenvalue weighted by Gasteiger charge is 2.22. The van der Waals surface area contributed by atoms with E-state index in [9.17, 15) is 13.6 Å². The summed E-state index contributed by atoms with van der Waals surface area (Å²) >= 11 is 0. The van der Waals surface area contributed by atoms with E-state index in [2.05, 4.69) is 20.7 Å². The molecule has 0 saturated heterocycles. The number of anilines is 2. The van der Waals surface area contributed by atoms with Gasteiger partial charge in [-0.3, -0.25) is 10.3 Å². The second kappa shape index (κ2) is 9.30. The molecule has 174 valence electrons. The zero-order valence-electron chi connectivity index (χ0n) is 18.8. The fourth-order valence-electron chi connectivity index (χ4n) is 3.12. The van der Waals surface area contributed by atoms with Crippen molar-refractivity contribution in [3.8, 4) is 17.2 Å². The summed E-state index contributed by atoms with van der Waals surface area (Å²) in [5.41, 5.74) is 0.971. The number of hydrogen-bond acceptors (Lipinski definition) is 4. The number of aromatic nitrogens is 3. The van der Waals surface area contributed by atoms with Gasteiger partial charge in [0.25, 0.3) is 0 Å². The maximum atomic E-state index is 13.8. The van der Waals surface area contributed by atoms with Crippen LogP contribution in [0.1, 0.15) is 26.5 Å². The van der Waals surface area contributed by atoms with Crippen LogP contribution < -0.4 is 15.4 Å². The lowest BCUT2D eigenvalue weighted by atomic mass is 9.92. The van der Waals surface area contributed by atoms with Crippen molar-refractivity contribution < 1.29 is 18.3 Å². The summed E-state index contributed by atoms with van der Waals surface area (Å²) in [5, 5.41) is 9.90. The summed E-state index contributed by atoms with van der Waals surface area (Å²) in [7, 11) is 0. The number of carbonyl (C=O) groups excluding carboxylic acids is 1. The number of rotatable bonds is 5. The van der Waals surface area contributed by atoms with Gasteiger partial charge in [0.15, 0.2) is 0 Å². The first-order chi connectivity index (χ1) is 16.2. The van der Waals surface area contributed by atoms with Crippen LogP contribution in [0, 0.1) is 11.6 Å². The van der Waals surface area contributed by atoms with Crippen LogP contribution in [0.25, 0.3) is 5.69 Å². The minimum absolute atomic E-state index is 0.154. The van der Waals surface area contributed by atoms with Crippen LogP contribution in [-0.2, 0) is 5.41 Å². The zero-order valence-corrected chi connectivity index (χ0v) is 18.8.